The monoisotopic (exact) mass is 326 g/mol. The van der Waals surface area contributed by atoms with Crippen LogP contribution in [0.5, 0.6) is 0 Å². The molecule has 23 heavy (non-hydrogen) atoms. The predicted molar refractivity (Wildman–Crippen MR) is 95.1 cm³/mol. The van der Waals surface area contributed by atoms with Gasteiger partial charge in [-0.15, -0.1) is 0 Å². The van der Waals surface area contributed by atoms with E-state index in [1.54, 1.807) is 6.20 Å². The van der Waals surface area contributed by atoms with E-state index in [9.17, 15) is 4.79 Å². The summed E-state index contributed by atoms with van der Waals surface area (Å²) >= 11 is 6.04. The maximum Gasteiger partial charge on any atom is 0.181 e. The molecule has 0 saturated carbocycles. The van der Waals surface area contributed by atoms with Crippen molar-refractivity contribution in [1.82, 2.24) is 10.3 Å². The number of H-pyrrole nitrogens is 1. The number of nitrogens with one attached hydrogen (secondary N) is 2. The maximum atomic E-state index is 12.7. The minimum Gasteiger partial charge on any atom is -0.360 e. The number of para-hydroxylation sites is 1. The van der Waals surface area contributed by atoms with Crippen molar-refractivity contribution >= 4 is 28.3 Å². The molecule has 0 fully saturated rings. The van der Waals surface area contributed by atoms with E-state index < -0.39 is 0 Å². The minimum absolute atomic E-state index is 0.0397. The van der Waals surface area contributed by atoms with Crippen LogP contribution in [-0.4, -0.2) is 16.8 Å². The molecule has 2 aromatic carbocycles. The topological polar surface area (TPSA) is 44.9 Å². The molecular formula is C19H19ClN2O. The number of hydrogen-bond acceptors (Lipinski definition) is 2. The Morgan fingerprint density at radius 1 is 1.13 bits per heavy atom. The Labute approximate surface area is 140 Å². The summed E-state index contributed by atoms with van der Waals surface area (Å²) in [6, 6.07) is 15.3. The second-order valence-corrected chi connectivity index (χ2v) is 6.21. The van der Waals surface area contributed by atoms with Crippen molar-refractivity contribution in [2.45, 2.75) is 25.9 Å². The minimum atomic E-state index is -0.289. The second-order valence-electron chi connectivity index (χ2n) is 5.78. The third kappa shape index (κ3) is 3.31. The zero-order valence-corrected chi connectivity index (χ0v) is 13.9. The SMILES string of the molecule is C[C@H](N[C@@H](C)c1cccc(Cl)c1)C(=O)c1c[nH]c2ccccc12. The first-order valence-electron chi connectivity index (χ1n) is 7.68. The van der Waals surface area contributed by atoms with Crippen LogP contribution in [0.4, 0.5) is 0 Å². The lowest BCUT2D eigenvalue weighted by atomic mass is 10.0. The molecule has 0 aliphatic rings. The predicted octanol–water partition coefficient (Wildman–Crippen LogP) is 4.74. The number of carbonyl (C=O) groups excluding carboxylic acids is 1. The van der Waals surface area contributed by atoms with Crippen LogP contribution in [0.25, 0.3) is 10.9 Å². The third-order valence-corrected chi connectivity index (χ3v) is 4.33. The van der Waals surface area contributed by atoms with Crippen LogP contribution in [0.1, 0.15) is 35.8 Å². The summed E-state index contributed by atoms with van der Waals surface area (Å²) in [5, 5.41) is 5.01. The molecule has 0 aliphatic heterocycles. The van der Waals surface area contributed by atoms with E-state index in [1.165, 1.54) is 0 Å². The van der Waals surface area contributed by atoms with Gasteiger partial charge in [0.05, 0.1) is 6.04 Å². The average Bonchev–Trinajstić information content (AvgIpc) is 2.98. The molecule has 0 saturated heterocycles. The van der Waals surface area contributed by atoms with Gasteiger partial charge < -0.3 is 10.3 Å². The fourth-order valence-corrected chi connectivity index (χ4v) is 3.03. The molecule has 0 aliphatic carbocycles. The molecule has 2 N–H and O–H groups in total. The standard InChI is InChI=1S/C19H19ClN2O/c1-12(14-6-5-7-15(20)10-14)22-13(2)19(23)17-11-21-18-9-4-3-8-16(17)18/h3-13,21-22H,1-2H3/t12-,13-/m0/s1. The number of fused-ring (bicyclic) bond motifs is 1. The van der Waals surface area contributed by atoms with Gasteiger partial charge in [0.2, 0.25) is 0 Å². The van der Waals surface area contributed by atoms with Crippen molar-refractivity contribution in [2.75, 3.05) is 0 Å². The van der Waals surface area contributed by atoms with Crippen LogP contribution >= 0.6 is 11.6 Å². The van der Waals surface area contributed by atoms with Gasteiger partial charge in [-0.1, -0.05) is 41.9 Å². The zero-order chi connectivity index (χ0) is 16.4. The molecule has 0 amide bonds. The largest absolute Gasteiger partial charge is 0.360 e. The van der Waals surface area contributed by atoms with Crippen LogP contribution in [0.2, 0.25) is 5.02 Å². The van der Waals surface area contributed by atoms with Gasteiger partial charge in [-0.3, -0.25) is 4.79 Å². The first-order valence-corrected chi connectivity index (χ1v) is 8.06. The Morgan fingerprint density at radius 3 is 2.70 bits per heavy atom. The lowest BCUT2D eigenvalue weighted by Gasteiger charge is -2.19. The quantitative estimate of drug-likeness (QED) is 0.665. The number of hydrogen-bond donors (Lipinski definition) is 2. The van der Waals surface area contributed by atoms with Crippen LogP contribution in [-0.2, 0) is 0 Å². The molecule has 4 heteroatoms. The lowest BCUT2D eigenvalue weighted by Crippen LogP contribution is -2.35. The highest BCUT2D eigenvalue weighted by atomic mass is 35.5. The van der Waals surface area contributed by atoms with Gasteiger partial charge in [0, 0.05) is 33.7 Å². The number of carbonyl (C=O) groups is 1. The normalized spacial score (nSPS) is 13.9. The Bertz CT molecular complexity index is 840. The molecule has 118 valence electrons. The van der Waals surface area contributed by atoms with Crippen LogP contribution < -0.4 is 5.32 Å². The van der Waals surface area contributed by atoms with Gasteiger partial charge in [0.15, 0.2) is 5.78 Å². The van der Waals surface area contributed by atoms with Crippen molar-refractivity contribution < 1.29 is 4.79 Å². The zero-order valence-electron chi connectivity index (χ0n) is 13.1. The summed E-state index contributed by atoms with van der Waals surface area (Å²) in [7, 11) is 0. The average molecular weight is 327 g/mol. The molecule has 2 atom stereocenters. The first kappa shape index (κ1) is 15.8. The van der Waals surface area contributed by atoms with E-state index in [0.717, 1.165) is 22.0 Å². The van der Waals surface area contributed by atoms with E-state index >= 15 is 0 Å². The van der Waals surface area contributed by atoms with Crippen LogP contribution in [0.15, 0.2) is 54.7 Å². The van der Waals surface area contributed by atoms with Crippen molar-refractivity contribution in [1.29, 1.82) is 0 Å². The van der Waals surface area contributed by atoms with Crippen molar-refractivity contribution in [2.24, 2.45) is 0 Å². The summed E-state index contributed by atoms with van der Waals surface area (Å²) in [5.41, 5.74) is 2.76. The van der Waals surface area contributed by atoms with E-state index in [2.05, 4.69) is 10.3 Å². The van der Waals surface area contributed by atoms with Crippen molar-refractivity contribution in [3.05, 3.63) is 70.9 Å². The Morgan fingerprint density at radius 2 is 1.91 bits per heavy atom. The molecule has 0 spiro atoms. The van der Waals surface area contributed by atoms with Gasteiger partial charge in [-0.25, -0.2) is 0 Å². The Kier molecular flexibility index (Phi) is 4.51. The van der Waals surface area contributed by atoms with E-state index in [1.807, 2.05) is 62.4 Å². The number of Topliss-reactive ketones (excluding diaryl/α,β-unsaturated/α-hetero) is 1. The molecule has 3 nitrogen and oxygen atoms in total. The fraction of sp³-hybridized carbons (Fsp3) is 0.211. The molecular weight excluding hydrogens is 308 g/mol. The Balaban J connectivity index is 1.77. The smallest absolute Gasteiger partial charge is 0.181 e. The summed E-state index contributed by atoms with van der Waals surface area (Å²) in [4.78, 5) is 15.9. The first-order chi connectivity index (χ1) is 11.1. The van der Waals surface area contributed by atoms with Gasteiger partial charge in [0.1, 0.15) is 0 Å². The number of halogens is 1. The summed E-state index contributed by atoms with van der Waals surface area (Å²) in [5.74, 6) is 0.0799. The fourth-order valence-electron chi connectivity index (χ4n) is 2.83. The summed E-state index contributed by atoms with van der Waals surface area (Å²) in [6.45, 7) is 3.93. The molecule has 3 aromatic rings. The van der Waals surface area contributed by atoms with Gasteiger partial charge in [-0.2, -0.15) is 0 Å². The number of ketones is 1. The summed E-state index contributed by atoms with van der Waals surface area (Å²) < 4.78 is 0. The number of rotatable bonds is 5. The summed E-state index contributed by atoms with van der Waals surface area (Å²) in [6.07, 6.45) is 1.79. The van der Waals surface area contributed by atoms with Gasteiger partial charge in [0.25, 0.3) is 0 Å². The lowest BCUT2D eigenvalue weighted by molar-refractivity contribution is 0.0947. The van der Waals surface area contributed by atoms with Gasteiger partial charge in [-0.05, 0) is 37.6 Å². The second kappa shape index (κ2) is 6.57. The van der Waals surface area contributed by atoms with Crippen LogP contribution in [0, 0.1) is 0 Å². The number of aromatic nitrogens is 1. The number of benzene rings is 2. The van der Waals surface area contributed by atoms with E-state index in [0.29, 0.717) is 5.02 Å². The highest BCUT2D eigenvalue weighted by molar-refractivity contribution is 6.30. The third-order valence-electron chi connectivity index (χ3n) is 4.10. The molecule has 0 radical (unpaired) electrons. The van der Waals surface area contributed by atoms with Crippen LogP contribution in [0.3, 0.4) is 0 Å². The van der Waals surface area contributed by atoms with Crippen molar-refractivity contribution in [3.63, 3.8) is 0 Å². The molecule has 0 bridgehead atoms. The molecule has 1 heterocycles. The van der Waals surface area contributed by atoms with Crippen molar-refractivity contribution in [3.8, 4) is 0 Å². The van der Waals surface area contributed by atoms with Gasteiger partial charge >= 0.3 is 0 Å². The number of aromatic amines is 1. The van der Waals surface area contributed by atoms with E-state index in [-0.39, 0.29) is 17.9 Å². The Hall–Kier alpha value is -2.10. The molecule has 1 aromatic heterocycles. The maximum absolute atomic E-state index is 12.7. The highest BCUT2D eigenvalue weighted by Crippen LogP contribution is 2.21. The van der Waals surface area contributed by atoms with E-state index in [4.69, 9.17) is 11.6 Å². The molecule has 0 unspecified atom stereocenters. The molecule has 3 rings (SSSR count). The highest BCUT2D eigenvalue weighted by Gasteiger charge is 2.20.